The molecule has 3 rings (SSSR count). The highest BCUT2D eigenvalue weighted by Crippen LogP contribution is 2.66. The molecule has 0 amide bonds. The van der Waals surface area contributed by atoms with Gasteiger partial charge in [0.2, 0.25) is 0 Å². The van der Waals surface area contributed by atoms with Gasteiger partial charge in [-0.05, 0) is 57.5 Å². The van der Waals surface area contributed by atoms with Gasteiger partial charge in [0, 0.05) is 15.3 Å². The second kappa shape index (κ2) is 4.29. The summed E-state index contributed by atoms with van der Waals surface area (Å²) in [7, 11) is -0.936. The lowest BCUT2D eigenvalue weighted by Gasteiger charge is -2.49. The minimum atomic E-state index is -0.936. The van der Waals surface area contributed by atoms with E-state index < -0.39 is 10.0 Å². The van der Waals surface area contributed by atoms with Crippen LogP contribution in [-0.4, -0.2) is 18.1 Å². The Morgan fingerprint density at radius 3 is 1.55 bits per heavy atom. The zero-order valence-electron chi connectivity index (χ0n) is 13.0. The highest BCUT2D eigenvalue weighted by Gasteiger charge is 2.36. The van der Waals surface area contributed by atoms with E-state index in [9.17, 15) is 0 Å². The predicted molar refractivity (Wildman–Crippen MR) is 90.7 cm³/mol. The van der Waals surface area contributed by atoms with E-state index in [-0.39, 0.29) is 5.54 Å². The molecule has 1 aliphatic rings. The maximum atomic E-state index is 2.50. The van der Waals surface area contributed by atoms with Crippen LogP contribution in [0, 0.1) is 0 Å². The Kier molecular flexibility index (Phi) is 2.91. The van der Waals surface area contributed by atoms with E-state index in [1.54, 1.807) is 0 Å². The van der Waals surface area contributed by atoms with Gasteiger partial charge in [0.15, 0.2) is 0 Å². The summed E-state index contributed by atoms with van der Waals surface area (Å²) in [4.78, 5) is 5.48. The van der Waals surface area contributed by atoms with Gasteiger partial charge >= 0.3 is 0 Å². The van der Waals surface area contributed by atoms with Crippen LogP contribution < -0.4 is 4.90 Å². The molecule has 0 aliphatic carbocycles. The van der Waals surface area contributed by atoms with Crippen molar-refractivity contribution in [3.05, 3.63) is 48.5 Å². The number of rotatable bonds is 0. The van der Waals surface area contributed by atoms with Crippen molar-refractivity contribution in [2.75, 3.05) is 17.4 Å². The molecular weight excluding hydrogens is 262 g/mol. The Bertz CT molecular complexity index is 603. The van der Waals surface area contributed by atoms with Gasteiger partial charge in [-0.25, -0.2) is 0 Å². The molecule has 0 N–H and O–H groups in total. The third-order valence-corrected chi connectivity index (χ3v) is 6.87. The van der Waals surface area contributed by atoms with Crippen molar-refractivity contribution in [2.24, 2.45) is 0 Å². The molecule has 0 bridgehead atoms. The van der Waals surface area contributed by atoms with E-state index in [1.165, 1.54) is 21.2 Å². The van der Waals surface area contributed by atoms with Crippen molar-refractivity contribution >= 4 is 21.4 Å². The minimum absolute atomic E-state index is 0.0716. The van der Waals surface area contributed by atoms with Gasteiger partial charge in [0.1, 0.15) is 0 Å². The van der Waals surface area contributed by atoms with Crippen molar-refractivity contribution in [1.82, 2.24) is 0 Å². The summed E-state index contributed by atoms with van der Waals surface area (Å²) < 4.78 is 0. The average Bonchev–Trinajstić information content (AvgIpc) is 2.38. The molecule has 2 aromatic rings. The Morgan fingerprint density at radius 2 is 1.15 bits per heavy atom. The van der Waals surface area contributed by atoms with Gasteiger partial charge in [0.25, 0.3) is 0 Å². The summed E-state index contributed by atoms with van der Waals surface area (Å²) in [5.74, 6) is 0. The lowest BCUT2D eigenvalue weighted by Crippen LogP contribution is -2.40. The summed E-state index contributed by atoms with van der Waals surface area (Å²) in [5, 5.41) is 0. The zero-order chi connectivity index (χ0) is 14.5. The molecule has 1 aliphatic heterocycles. The van der Waals surface area contributed by atoms with Crippen LogP contribution in [0.1, 0.15) is 20.8 Å². The SMILES string of the molecule is CC(C)(C)N1c2ccccc2S(C)(C)c2ccccc21. The first-order valence-corrected chi connectivity index (χ1v) is 9.50. The molecule has 0 atom stereocenters. The van der Waals surface area contributed by atoms with Crippen LogP contribution in [-0.2, 0) is 0 Å². The molecule has 0 fully saturated rings. The van der Waals surface area contributed by atoms with Gasteiger partial charge in [0.05, 0.1) is 11.4 Å². The average molecular weight is 285 g/mol. The third kappa shape index (κ3) is 1.86. The highest BCUT2D eigenvalue weighted by atomic mass is 32.3. The Hall–Kier alpha value is -1.41. The molecule has 1 heterocycles. The van der Waals surface area contributed by atoms with Crippen molar-refractivity contribution in [1.29, 1.82) is 0 Å². The van der Waals surface area contributed by atoms with Crippen LogP contribution in [0.3, 0.4) is 0 Å². The largest absolute Gasteiger partial charge is 0.334 e. The first-order chi connectivity index (χ1) is 9.33. The Labute approximate surface area is 123 Å². The second-order valence-corrected chi connectivity index (χ2v) is 10.3. The number of hydrogen-bond acceptors (Lipinski definition) is 1. The fraction of sp³-hybridized carbons (Fsp3) is 0.333. The number of anilines is 2. The molecule has 20 heavy (non-hydrogen) atoms. The van der Waals surface area contributed by atoms with Gasteiger partial charge in [-0.1, -0.05) is 24.3 Å². The van der Waals surface area contributed by atoms with Crippen LogP contribution in [0.4, 0.5) is 11.4 Å². The van der Waals surface area contributed by atoms with E-state index in [0.29, 0.717) is 0 Å². The summed E-state index contributed by atoms with van der Waals surface area (Å²) in [6.07, 6.45) is 4.81. The molecular formula is C18H23NS. The summed E-state index contributed by atoms with van der Waals surface area (Å²) in [6, 6.07) is 17.8. The summed E-state index contributed by atoms with van der Waals surface area (Å²) in [5.41, 5.74) is 2.82. The van der Waals surface area contributed by atoms with Crippen LogP contribution in [0.25, 0.3) is 0 Å². The molecule has 0 radical (unpaired) electrons. The molecule has 0 saturated carbocycles. The number of benzene rings is 2. The standard InChI is InChI=1S/C18H23NS/c1-18(2,3)19-14-10-6-8-12-16(14)20(4,5)17-13-9-7-11-15(17)19/h6-13H,1-5H3. The van der Waals surface area contributed by atoms with Crippen LogP contribution in [0.5, 0.6) is 0 Å². The van der Waals surface area contributed by atoms with E-state index in [1.807, 2.05) is 0 Å². The highest BCUT2D eigenvalue weighted by molar-refractivity contribution is 8.33. The normalized spacial score (nSPS) is 18.1. The first kappa shape index (κ1) is 13.6. The quantitative estimate of drug-likeness (QED) is 0.625. The Morgan fingerprint density at radius 1 is 0.750 bits per heavy atom. The van der Waals surface area contributed by atoms with Crippen molar-refractivity contribution in [2.45, 2.75) is 36.1 Å². The molecule has 0 spiro atoms. The second-order valence-electron chi connectivity index (χ2n) is 6.77. The van der Waals surface area contributed by atoms with Crippen LogP contribution in [0.2, 0.25) is 0 Å². The van der Waals surface area contributed by atoms with Crippen LogP contribution >= 0.6 is 10.0 Å². The van der Waals surface area contributed by atoms with Crippen molar-refractivity contribution in [3.8, 4) is 0 Å². The fourth-order valence-corrected chi connectivity index (χ4v) is 5.56. The lowest BCUT2D eigenvalue weighted by molar-refractivity contribution is 0.553. The van der Waals surface area contributed by atoms with Gasteiger partial charge in [-0.15, -0.1) is 0 Å². The number of nitrogens with zero attached hydrogens (tertiary/aromatic N) is 1. The molecule has 1 nitrogen and oxygen atoms in total. The monoisotopic (exact) mass is 285 g/mol. The fourth-order valence-electron chi connectivity index (χ4n) is 3.12. The van der Waals surface area contributed by atoms with Crippen molar-refractivity contribution < 1.29 is 0 Å². The summed E-state index contributed by atoms with van der Waals surface area (Å²) >= 11 is 0. The first-order valence-electron chi connectivity index (χ1n) is 7.05. The van der Waals surface area contributed by atoms with Gasteiger partial charge in [-0.2, -0.15) is 10.0 Å². The van der Waals surface area contributed by atoms with E-state index in [2.05, 4.69) is 86.7 Å². The maximum absolute atomic E-state index is 2.50. The molecule has 0 aromatic heterocycles. The van der Waals surface area contributed by atoms with Gasteiger partial charge < -0.3 is 4.90 Å². The topological polar surface area (TPSA) is 3.24 Å². The van der Waals surface area contributed by atoms with Crippen molar-refractivity contribution in [3.63, 3.8) is 0 Å². The predicted octanol–water partition coefficient (Wildman–Crippen LogP) is 5.42. The van der Waals surface area contributed by atoms with Gasteiger partial charge in [-0.3, -0.25) is 0 Å². The number of fused-ring (bicyclic) bond motifs is 2. The zero-order valence-corrected chi connectivity index (χ0v) is 13.8. The Balaban J connectivity index is 2.36. The number of hydrogen-bond donors (Lipinski definition) is 0. The van der Waals surface area contributed by atoms with E-state index in [4.69, 9.17) is 0 Å². The van der Waals surface area contributed by atoms with E-state index >= 15 is 0 Å². The maximum Gasteiger partial charge on any atom is 0.0542 e. The third-order valence-electron chi connectivity index (χ3n) is 3.98. The molecule has 0 saturated heterocycles. The molecule has 106 valence electrons. The molecule has 2 heteroatoms. The lowest BCUT2D eigenvalue weighted by atomic mass is 10.0. The molecule has 0 unspecified atom stereocenters. The van der Waals surface area contributed by atoms with E-state index in [0.717, 1.165) is 0 Å². The minimum Gasteiger partial charge on any atom is -0.334 e. The smallest absolute Gasteiger partial charge is 0.0542 e. The molecule has 2 aromatic carbocycles. The van der Waals surface area contributed by atoms with Crippen LogP contribution in [0.15, 0.2) is 58.3 Å². The summed E-state index contributed by atoms with van der Waals surface area (Å²) in [6.45, 7) is 6.86. The number of para-hydroxylation sites is 2.